The number of likely N-dealkylation sites (tertiary alicyclic amines) is 1. The van der Waals surface area contributed by atoms with E-state index in [0.717, 1.165) is 35.8 Å². The first-order valence-electron chi connectivity index (χ1n) is 7.89. The molecule has 3 aromatic rings. The zero-order valence-corrected chi connectivity index (χ0v) is 13.8. The molecule has 1 aliphatic rings. The van der Waals surface area contributed by atoms with Crippen LogP contribution in [0.25, 0.3) is 11.4 Å². The van der Waals surface area contributed by atoms with Crippen molar-refractivity contribution < 1.29 is 9.21 Å². The molecule has 1 saturated heterocycles. The number of piperidine rings is 1. The molecule has 1 aromatic carbocycles. The molecule has 4 rings (SSSR count). The Kier molecular flexibility index (Phi) is 4.08. The molecule has 0 spiro atoms. The van der Waals surface area contributed by atoms with Crippen molar-refractivity contribution in [3.63, 3.8) is 0 Å². The van der Waals surface area contributed by atoms with Crippen molar-refractivity contribution in [2.75, 3.05) is 13.1 Å². The fourth-order valence-corrected chi connectivity index (χ4v) is 3.57. The Hall–Kier alpha value is -2.54. The maximum Gasteiger partial charge on any atom is 0.284 e. The minimum Gasteiger partial charge on any atom is -0.449 e. The highest BCUT2D eigenvalue weighted by Gasteiger charge is 2.28. The predicted molar refractivity (Wildman–Crippen MR) is 89.7 cm³/mol. The molecular weight excluding hydrogens is 324 g/mol. The molecule has 0 radical (unpaired) electrons. The smallest absolute Gasteiger partial charge is 0.284 e. The minimum absolute atomic E-state index is 0.0412. The van der Waals surface area contributed by atoms with E-state index in [9.17, 15) is 4.79 Å². The van der Waals surface area contributed by atoms with Crippen LogP contribution in [0.3, 0.4) is 0 Å². The lowest BCUT2D eigenvalue weighted by molar-refractivity contribution is 0.0706. The topological polar surface area (TPSA) is 72.1 Å². The third kappa shape index (κ3) is 2.94. The molecule has 1 aliphatic heterocycles. The van der Waals surface area contributed by atoms with Gasteiger partial charge in [-0.25, -0.2) is 9.97 Å². The van der Waals surface area contributed by atoms with Gasteiger partial charge in [0.25, 0.3) is 5.91 Å². The van der Waals surface area contributed by atoms with E-state index in [4.69, 9.17) is 4.42 Å². The average molecular weight is 340 g/mol. The number of nitrogens with zero attached hydrogens (tertiary/aromatic N) is 4. The first-order valence-corrected chi connectivity index (χ1v) is 8.66. The summed E-state index contributed by atoms with van der Waals surface area (Å²) in [6.45, 7) is 1.37. The average Bonchev–Trinajstić information content (AvgIpc) is 3.34. The molecule has 1 fully saturated rings. The van der Waals surface area contributed by atoms with E-state index in [1.807, 2.05) is 35.2 Å². The molecule has 0 bridgehead atoms. The second-order valence-electron chi connectivity index (χ2n) is 5.73. The summed E-state index contributed by atoms with van der Waals surface area (Å²) in [5, 5.41) is 0.448. The van der Waals surface area contributed by atoms with E-state index in [1.54, 1.807) is 12.5 Å². The van der Waals surface area contributed by atoms with Crippen LogP contribution in [0.2, 0.25) is 0 Å². The van der Waals surface area contributed by atoms with Gasteiger partial charge in [-0.1, -0.05) is 30.3 Å². The number of hydrogen-bond acceptors (Lipinski definition) is 6. The van der Waals surface area contributed by atoms with Gasteiger partial charge in [0.15, 0.2) is 11.7 Å². The van der Waals surface area contributed by atoms with Crippen LogP contribution in [0.4, 0.5) is 0 Å². The number of benzene rings is 1. The molecule has 6 nitrogen and oxygen atoms in total. The summed E-state index contributed by atoms with van der Waals surface area (Å²) < 4.78 is 9.69. The third-order valence-electron chi connectivity index (χ3n) is 4.22. The lowest BCUT2D eigenvalue weighted by Crippen LogP contribution is -2.37. The summed E-state index contributed by atoms with van der Waals surface area (Å²) in [5.74, 6) is 1.63. The Morgan fingerprint density at radius 2 is 2.00 bits per heavy atom. The number of carbonyl (C=O) groups excluding carboxylic acids is 1. The molecule has 0 unspecified atom stereocenters. The zero-order chi connectivity index (χ0) is 16.4. The quantitative estimate of drug-likeness (QED) is 0.732. The summed E-state index contributed by atoms with van der Waals surface area (Å²) in [6, 6.07) is 9.70. The van der Waals surface area contributed by atoms with Gasteiger partial charge in [-0.3, -0.25) is 4.79 Å². The van der Waals surface area contributed by atoms with Gasteiger partial charge < -0.3 is 9.32 Å². The number of aromatic nitrogens is 3. The van der Waals surface area contributed by atoms with Crippen molar-refractivity contribution in [3.8, 4) is 11.4 Å². The molecule has 0 aliphatic carbocycles. The van der Waals surface area contributed by atoms with E-state index in [0.29, 0.717) is 29.8 Å². The van der Waals surface area contributed by atoms with Crippen molar-refractivity contribution in [2.45, 2.75) is 18.8 Å². The molecule has 1 amide bonds. The first-order chi connectivity index (χ1) is 11.8. The van der Waals surface area contributed by atoms with Gasteiger partial charge in [-0.15, -0.1) is 0 Å². The summed E-state index contributed by atoms with van der Waals surface area (Å²) >= 11 is 1.16. The third-order valence-corrected chi connectivity index (χ3v) is 4.93. The Balaban J connectivity index is 1.43. The van der Waals surface area contributed by atoms with Crippen LogP contribution in [0, 0.1) is 0 Å². The largest absolute Gasteiger partial charge is 0.449 e. The fourth-order valence-electron chi connectivity index (χ4n) is 2.92. The van der Waals surface area contributed by atoms with Crippen LogP contribution in [0.1, 0.15) is 34.5 Å². The number of oxazole rings is 1. The highest BCUT2D eigenvalue weighted by molar-refractivity contribution is 7.07. The molecule has 2 aromatic heterocycles. The van der Waals surface area contributed by atoms with Crippen molar-refractivity contribution >= 4 is 17.4 Å². The monoisotopic (exact) mass is 340 g/mol. The van der Waals surface area contributed by atoms with Crippen molar-refractivity contribution in [2.24, 2.45) is 0 Å². The second-order valence-corrected chi connectivity index (χ2v) is 6.48. The van der Waals surface area contributed by atoms with Crippen LogP contribution in [0.5, 0.6) is 0 Å². The van der Waals surface area contributed by atoms with Crippen molar-refractivity contribution in [1.29, 1.82) is 0 Å². The molecule has 0 saturated carbocycles. The van der Waals surface area contributed by atoms with Gasteiger partial charge in [0.2, 0.25) is 5.01 Å². The van der Waals surface area contributed by atoms with Gasteiger partial charge in [0.1, 0.15) is 6.26 Å². The molecular formula is C17H16N4O2S. The van der Waals surface area contributed by atoms with Gasteiger partial charge in [-0.05, 0) is 24.4 Å². The Labute approximate surface area is 143 Å². The van der Waals surface area contributed by atoms with E-state index in [-0.39, 0.29) is 5.91 Å². The molecule has 0 atom stereocenters. The van der Waals surface area contributed by atoms with Crippen molar-refractivity contribution in [3.05, 3.63) is 53.7 Å². The number of carbonyl (C=O) groups is 1. The minimum atomic E-state index is -0.0412. The van der Waals surface area contributed by atoms with Crippen LogP contribution in [0.15, 0.2) is 47.2 Å². The standard InChI is InChI=1S/C17H16N4O2S/c22-17(16-19-14(20-24-16)12-4-2-1-3-5-12)21-9-6-13(7-10-21)15-18-8-11-23-15/h1-5,8,11,13H,6-7,9-10H2. The number of amides is 1. The van der Waals surface area contributed by atoms with E-state index >= 15 is 0 Å². The van der Waals surface area contributed by atoms with Gasteiger partial charge in [0, 0.05) is 24.6 Å². The molecule has 24 heavy (non-hydrogen) atoms. The summed E-state index contributed by atoms with van der Waals surface area (Å²) in [6.07, 6.45) is 4.98. The van der Waals surface area contributed by atoms with Gasteiger partial charge >= 0.3 is 0 Å². The van der Waals surface area contributed by atoms with E-state index in [1.165, 1.54) is 0 Å². The van der Waals surface area contributed by atoms with Crippen molar-refractivity contribution in [1.82, 2.24) is 19.2 Å². The van der Waals surface area contributed by atoms with E-state index in [2.05, 4.69) is 14.3 Å². The highest BCUT2D eigenvalue weighted by Crippen LogP contribution is 2.28. The highest BCUT2D eigenvalue weighted by atomic mass is 32.1. The fraction of sp³-hybridized carbons (Fsp3) is 0.294. The first kappa shape index (κ1) is 15.0. The maximum atomic E-state index is 12.6. The van der Waals surface area contributed by atoms with E-state index < -0.39 is 0 Å². The summed E-state index contributed by atoms with van der Waals surface area (Å²) in [4.78, 5) is 23.1. The Morgan fingerprint density at radius 3 is 2.71 bits per heavy atom. The lowest BCUT2D eigenvalue weighted by atomic mass is 9.97. The second kappa shape index (κ2) is 6.52. The van der Waals surface area contributed by atoms with Crippen LogP contribution < -0.4 is 0 Å². The molecule has 3 heterocycles. The SMILES string of the molecule is O=C(c1nc(-c2ccccc2)ns1)N1CCC(c2ncco2)CC1. The van der Waals surface area contributed by atoms with Gasteiger partial charge in [-0.2, -0.15) is 4.37 Å². The Morgan fingerprint density at radius 1 is 1.21 bits per heavy atom. The predicted octanol–water partition coefficient (Wildman–Crippen LogP) is 3.21. The Bertz CT molecular complexity index is 808. The molecule has 122 valence electrons. The van der Waals surface area contributed by atoms with Crippen LogP contribution >= 0.6 is 11.5 Å². The molecule has 0 N–H and O–H groups in total. The molecule has 7 heteroatoms. The number of hydrogen-bond donors (Lipinski definition) is 0. The summed E-state index contributed by atoms with van der Waals surface area (Å²) in [7, 11) is 0. The van der Waals surface area contributed by atoms with Crippen LogP contribution in [-0.4, -0.2) is 38.2 Å². The zero-order valence-electron chi connectivity index (χ0n) is 13.0. The van der Waals surface area contributed by atoms with Crippen LogP contribution in [-0.2, 0) is 0 Å². The van der Waals surface area contributed by atoms with Gasteiger partial charge in [0.05, 0.1) is 6.20 Å². The maximum absolute atomic E-state index is 12.6. The summed E-state index contributed by atoms with van der Waals surface area (Å²) in [5.41, 5.74) is 0.926. The normalized spacial score (nSPS) is 15.6. The lowest BCUT2D eigenvalue weighted by Gasteiger charge is -2.29. The number of rotatable bonds is 3.